The van der Waals surface area contributed by atoms with E-state index >= 15 is 0 Å². The first-order valence-corrected chi connectivity index (χ1v) is 7.31. The van der Waals surface area contributed by atoms with Crippen molar-refractivity contribution in [3.63, 3.8) is 0 Å². The molecule has 1 amide bonds. The standard InChI is InChI=1S/C10H16N2O4S/c1-17(15,16)8-2-4-10(6-11,5-3-8)7-12-9(13)14/h8,12H,2-5,7H2,1H3,(H,13,14). The summed E-state index contributed by atoms with van der Waals surface area (Å²) < 4.78 is 22.7. The van der Waals surface area contributed by atoms with Gasteiger partial charge in [-0.3, -0.25) is 0 Å². The van der Waals surface area contributed by atoms with Crippen molar-refractivity contribution >= 4 is 15.9 Å². The lowest BCUT2D eigenvalue weighted by atomic mass is 9.75. The molecule has 0 aliphatic heterocycles. The predicted molar refractivity (Wildman–Crippen MR) is 61.2 cm³/mol. The Hall–Kier alpha value is -1.29. The molecular formula is C10H16N2O4S. The molecule has 0 aromatic heterocycles. The number of carbonyl (C=O) groups is 1. The largest absolute Gasteiger partial charge is 0.465 e. The minimum Gasteiger partial charge on any atom is -0.465 e. The predicted octanol–water partition coefficient (Wildman–Crippen LogP) is 0.751. The molecule has 0 radical (unpaired) electrons. The summed E-state index contributed by atoms with van der Waals surface area (Å²) in [5.74, 6) is 0. The monoisotopic (exact) mass is 260 g/mol. The van der Waals surface area contributed by atoms with Crippen LogP contribution in [0.2, 0.25) is 0 Å². The number of carboxylic acid groups (broad SMARTS) is 1. The van der Waals surface area contributed by atoms with Crippen LogP contribution in [0.3, 0.4) is 0 Å². The molecule has 0 saturated heterocycles. The van der Waals surface area contributed by atoms with Crippen LogP contribution in [0.25, 0.3) is 0 Å². The van der Waals surface area contributed by atoms with Gasteiger partial charge in [-0.25, -0.2) is 13.2 Å². The van der Waals surface area contributed by atoms with Crippen LogP contribution in [0, 0.1) is 16.7 Å². The Morgan fingerprint density at radius 3 is 2.41 bits per heavy atom. The van der Waals surface area contributed by atoms with Gasteiger partial charge in [0.05, 0.1) is 16.7 Å². The summed E-state index contributed by atoms with van der Waals surface area (Å²) in [5, 5.41) is 19.4. The lowest BCUT2D eigenvalue weighted by Crippen LogP contribution is -2.40. The van der Waals surface area contributed by atoms with Crippen LogP contribution in [0.1, 0.15) is 25.7 Å². The van der Waals surface area contributed by atoms with E-state index in [1.807, 2.05) is 0 Å². The number of hydrogen-bond donors (Lipinski definition) is 2. The molecule has 1 fully saturated rings. The number of sulfone groups is 1. The van der Waals surface area contributed by atoms with Gasteiger partial charge in [0.2, 0.25) is 0 Å². The van der Waals surface area contributed by atoms with Crippen molar-refractivity contribution in [3.8, 4) is 6.07 Å². The molecule has 7 heteroatoms. The van der Waals surface area contributed by atoms with Crippen molar-refractivity contribution < 1.29 is 18.3 Å². The minimum absolute atomic E-state index is 0.0648. The second-order valence-corrected chi connectivity index (χ2v) is 6.91. The van der Waals surface area contributed by atoms with Crippen LogP contribution in [-0.4, -0.2) is 37.7 Å². The summed E-state index contributed by atoms with van der Waals surface area (Å²) in [4.78, 5) is 10.4. The Kier molecular flexibility index (Phi) is 3.98. The first kappa shape index (κ1) is 13.8. The molecule has 1 rings (SSSR count). The fourth-order valence-electron chi connectivity index (χ4n) is 2.14. The van der Waals surface area contributed by atoms with Gasteiger partial charge in [0.1, 0.15) is 9.84 Å². The fourth-order valence-corrected chi connectivity index (χ4v) is 3.24. The van der Waals surface area contributed by atoms with Gasteiger partial charge < -0.3 is 10.4 Å². The van der Waals surface area contributed by atoms with Crippen molar-refractivity contribution in [2.45, 2.75) is 30.9 Å². The molecule has 1 aliphatic carbocycles. The van der Waals surface area contributed by atoms with Gasteiger partial charge in [-0.1, -0.05) is 0 Å². The molecule has 0 aromatic carbocycles. The van der Waals surface area contributed by atoms with Crippen molar-refractivity contribution in [2.24, 2.45) is 5.41 Å². The number of nitrogens with one attached hydrogen (secondary N) is 1. The highest BCUT2D eigenvalue weighted by Crippen LogP contribution is 2.37. The van der Waals surface area contributed by atoms with Crippen LogP contribution in [0.15, 0.2) is 0 Å². The second-order valence-electron chi connectivity index (χ2n) is 4.58. The highest BCUT2D eigenvalue weighted by atomic mass is 32.2. The smallest absolute Gasteiger partial charge is 0.404 e. The lowest BCUT2D eigenvalue weighted by Gasteiger charge is -2.33. The van der Waals surface area contributed by atoms with E-state index in [1.165, 1.54) is 6.26 Å². The summed E-state index contributed by atoms with van der Waals surface area (Å²) in [6.45, 7) is 0.0648. The van der Waals surface area contributed by atoms with Crippen LogP contribution in [-0.2, 0) is 9.84 Å². The number of nitriles is 1. The van der Waals surface area contributed by atoms with Crippen LogP contribution >= 0.6 is 0 Å². The van der Waals surface area contributed by atoms with E-state index < -0.39 is 26.6 Å². The van der Waals surface area contributed by atoms with Gasteiger partial charge in [0.15, 0.2) is 0 Å². The SMILES string of the molecule is CS(=O)(=O)C1CCC(C#N)(CNC(=O)O)CC1. The van der Waals surface area contributed by atoms with Gasteiger partial charge in [0, 0.05) is 12.8 Å². The first-order valence-electron chi connectivity index (χ1n) is 5.36. The third kappa shape index (κ3) is 3.60. The molecule has 0 atom stereocenters. The third-order valence-corrected chi connectivity index (χ3v) is 4.99. The maximum absolute atomic E-state index is 11.4. The molecule has 0 bridgehead atoms. The number of hydrogen-bond acceptors (Lipinski definition) is 4. The Morgan fingerprint density at radius 2 is 2.06 bits per heavy atom. The molecule has 17 heavy (non-hydrogen) atoms. The average Bonchev–Trinajstić information content (AvgIpc) is 2.26. The molecule has 0 spiro atoms. The maximum atomic E-state index is 11.4. The molecule has 0 unspecified atom stereocenters. The van der Waals surface area contributed by atoms with E-state index in [4.69, 9.17) is 10.4 Å². The maximum Gasteiger partial charge on any atom is 0.404 e. The van der Waals surface area contributed by atoms with E-state index in [0.717, 1.165) is 0 Å². The van der Waals surface area contributed by atoms with Gasteiger partial charge in [-0.15, -0.1) is 0 Å². The Bertz CT molecular complexity index is 430. The summed E-state index contributed by atoms with van der Waals surface area (Å²) in [5.41, 5.74) is -0.750. The third-order valence-electron chi connectivity index (χ3n) is 3.31. The second kappa shape index (κ2) is 4.92. The zero-order chi connectivity index (χ0) is 13.1. The Balaban J connectivity index is 2.64. The summed E-state index contributed by atoms with van der Waals surface area (Å²) in [7, 11) is -3.06. The highest BCUT2D eigenvalue weighted by Gasteiger charge is 2.38. The average molecular weight is 260 g/mol. The van der Waals surface area contributed by atoms with E-state index in [9.17, 15) is 13.2 Å². The van der Waals surface area contributed by atoms with Gasteiger partial charge in [-0.05, 0) is 25.7 Å². The summed E-state index contributed by atoms with van der Waals surface area (Å²) in [6, 6.07) is 2.12. The van der Waals surface area contributed by atoms with E-state index in [2.05, 4.69) is 11.4 Å². The van der Waals surface area contributed by atoms with Crippen molar-refractivity contribution in [1.29, 1.82) is 5.26 Å². The summed E-state index contributed by atoms with van der Waals surface area (Å²) >= 11 is 0. The molecule has 0 heterocycles. The highest BCUT2D eigenvalue weighted by molar-refractivity contribution is 7.91. The molecule has 96 valence electrons. The molecule has 1 saturated carbocycles. The molecular weight excluding hydrogens is 244 g/mol. The summed E-state index contributed by atoms with van der Waals surface area (Å²) in [6.07, 6.45) is 1.72. The molecule has 0 aromatic rings. The van der Waals surface area contributed by atoms with E-state index in [-0.39, 0.29) is 6.54 Å². The van der Waals surface area contributed by atoms with Crippen molar-refractivity contribution in [3.05, 3.63) is 0 Å². The van der Waals surface area contributed by atoms with Crippen molar-refractivity contribution in [2.75, 3.05) is 12.8 Å². The van der Waals surface area contributed by atoms with Gasteiger partial charge in [0.25, 0.3) is 0 Å². The van der Waals surface area contributed by atoms with Gasteiger partial charge in [-0.2, -0.15) is 5.26 Å². The molecule has 1 aliphatic rings. The minimum atomic E-state index is -3.06. The van der Waals surface area contributed by atoms with Crippen LogP contribution < -0.4 is 5.32 Å². The first-order chi connectivity index (χ1) is 7.79. The van der Waals surface area contributed by atoms with E-state index in [0.29, 0.717) is 25.7 Å². The number of nitrogens with zero attached hydrogens (tertiary/aromatic N) is 1. The number of amides is 1. The Labute approximate surface area is 101 Å². The van der Waals surface area contributed by atoms with Gasteiger partial charge >= 0.3 is 6.09 Å². The normalized spacial score (nSPS) is 29.3. The van der Waals surface area contributed by atoms with Crippen LogP contribution in [0.4, 0.5) is 4.79 Å². The molecule has 2 N–H and O–H groups in total. The zero-order valence-electron chi connectivity index (χ0n) is 9.64. The zero-order valence-corrected chi connectivity index (χ0v) is 10.5. The topological polar surface area (TPSA) is 107 Å². The lowest BCUT2D eigenvalue weighted by molar-refractivity contribution is 0.183. The van der Waals surface area contributed by atoms with Crippen LogP contribution in [0.5, 0.6) is 0 Å². The number of rotatable bonds is 3. The van der Waals surface area contributed by atoms with Crippen molar-refractivity contribution in [1.82, 2.24) is 5.32 Å². The fraction of sp³-hybridized carbons (Fsp3) is 0.800. The Morgan fingerprint density at radius 1 is 1.53 bits per heavy atom. The van der Waals surface area contributed by atoms with E-state index in [1.54, 1.807) is 0 Å². The quantitative estimate of drug-likeness (QED) is 0.778. The molecule has 6 nitrogen and oxygen atoms in total.